The monoisotopic (exact) mass is 314 g/mol. The van der Waals surface area contributed by atoms with Crippen LogP contribution in [-0.2, 0) is 9.53 Å². The van der Waals surface area contributed by atoms with Crippen molar-refractivity contribution in [1.29, 1.82) is 0 Å². The van der Waals surface area contributed by atoms with Gasteiger partial charge in [0, 0.05) is 11.6 Å². The molecule has 0 aliphatic carbocycles. The van der Waals surface area contributed by atoms with Gasteiger partial charge in [0.1, 0.15) is 11.6 Å². The van der Waals surface area contributed by atoms with Gasteiger partial charge in [0.2, 0.25) is 5.78 Å². The Kier molecular flexibility index (Phi) is 5.63. The molecule has 0 spiro atoms. The molecule has 0 aromatic heterocycles. The molecular weight excluding hydrogens is 299 g/mol. The van der Waals surface area contributed by atoms with Crippen molar-refractivity contribution < 1.29 is 23.5 Å². The quantitative estimate of drug-likeness (QED) is 0.466. The highest BCUT2D eigenvalue weighted by Gasteiger charge is 2.12. The molecule has 0 atom stereocenters. The highest BCUT2D eigenvalue weighted by molar-refractivity contribution is 5.99. The Morgan fingerprint density at radius 2 is 1.78 bits per heavy atom. The van der Waals surface area contributed by atoms with Crippen molar-refractivity contribution in [3.8, 4) is 5.75 Å². The molecule has 0 heterocycles. The van der Waals surface area contributed by atoms with Gasteiger partial charge in [-0.3, -0.25) is 4.79 Å². The summed E-state index contributed by atoms with van der Waals surface area (Å²) >= 11 is 0. The molecule has 23 heavy (non-hydrogen) atoms. The van der Waals surface area contributed by atoms with E-state index in [0.717, 1.165) is 0 Å². The third-order valence-corrected chi connectivity index (χ3v) is 3.06. The summed E-state index contributed by atoms with van der Waals surface area (Å²) in [5.41, 5.74) is 0.599. The molecule has 0 N–H and O–H groups in total. The van der Waals surface area contributed by atoms with Crippen LogP contribution in [0, 0.1) is 5.82 Å². The average Bonchev–Trinajstić information content (AvgIpc) is 2.58. The van der Waals surface area contributed by atoms with Gasteiger partial charge in [0.05, 0.1) is 12.7 Å². The lowest BCUT2D eigenvalue weighted by Crippen LogP contribution is -2.13. The lowest BCUT2D eigenvalue weighted by molar-refractivity contribution is -0.136. The number of halogens is 1. The van der Waals surface area contributed by atoms with Gasteiger partial charge in [-0.2, -0.15) is 0 Å². The maximum atomic E-state index is 13.4. The number of hydrogen-bond donors (Lipinski definition) is 0. The second-order valence-electron chi connectivity index (χ2n) is 4.59. The lowest BCUT2D eigenvalue weighted by atomic mass is 10.1. The Morgan fingerprint density at radius 3 is 2.52 bits per heavy atom. The summed E-state index contributed by atoms with van der Waals surface area (Å²) in [6.45, 7) is -0.518. The van der Waals surface area contributed by atoms with E-state index in [2.05, 4.69) is 0 Å². The summed E-state index contributed by atoms with van der Waals surface area (Å²) in [6.07, 6.45) is 2.71. The standard InChI is InChI=1S/C18H15FO4/c1-22-17-9-5-2-6-13(17)10-11-18(21)23-12-16(20)14-7-3-4-8-15(14)19/h2-11H,12H2,1H3/b11-10+. The van der Waals surface area contributed by atoms with E-state index in [1.807, 2.05) is 6.07 Å². The maximum absolute atomic E-state index is 13.4. The Bertz CT molecular complexity index is 737. The molecule has 2 rings (SSSR count). The van der Waals surface area contributed by atoms with Gasteiger partial charge in [0.25, 0.3) is 0 Å². The van der Waals surface area contributed by atoms with Gasteiger partial charge < -0.3 is 9.47 Å². The molecule has 0 radical (unpaired) electrons. The molecule has 0 saturated heterocycles. The highest BCUT2D eigenvalue weighted by atomic mass is 19.1. The zero-order valence-electron chi connectivity index (χ0n) is 12.5. The molecule has 0 amide bonds. The first-order valence-corrected chi connectivity index (χ1v) is 6.87. The van der Waals surface area contributed by atoms with Crippen LogP contribution in [0.4, 0.5) is 4.39 Å². The average molecular weight is 314 g/mol. The first-order chi connectivity index (χ1) is 11.1. The number of rotatable bonds is 6. The Hall–Kier alpha value is -2.95. The molecule has 2 aromatic rings. The molecule has 0 bridgehead atoms. The Balaban J connectivity index is 1.94. The van der Waals surface area contributed by atoms with Crippen molar-refractivity contribution in [3.63, 3.8) is 0 Å². The summed E-state index contributed by atoms with van der Waals surface area (Å²) in [7, 11) is 1.53. The summed E-state index contributed by atoms with van der Waals surface area (Å²) in [5.74, 6) is -1.32. The first-order valence-electron chi connectivity index (χ1n) is 6.87. The summed E-state index contributed by atoms with van der Waals surface area (Å²) in [6, 6.07) is 12.7. The van der Waals surface area contributed by atoms with Crippen LogP contribution in [0.15, 0.2) is 54.6 Å². The third kappa shape index (κ3) is 4.51. The minimum absolute atomic E-state index is 0.103. The van der Waals surface area contributed by atoms with Crippen molar-refractivity contribution in [2.24, 2.45) is 0 Å². The number of Topliss-reactive ketones (excluding diaryl/α,β-unsaturated/α-hetero) is 1. The number of benzene rings is 2. The normalized spacial score (nSPS) is 10.5. The van der Waals surface area contributed by atoms with E-state index in [1.54, 1.807) is 24.3 Å². The zero-order valence-corrected chi connectivity index (χ0v) is 12.5. The van der Waals surface area contributed by atoms with Crippen molar-refractivity contribution in [1.82, 2.24) is 0 Å². The predicted molar refractivity (Wildman–Crippen MR) is 83.7 cm³/mol. The van der Waals surface area contributed by atoms with E-state index in [0.29, 0.717) is 11.3 Å². The van der Waals surface area contributed by atoms with Crippen molar-refractivity contribution in [2.45, 2.75) is 0 Å². The first kappa shape index (κ1) is 16.4. The second kappa shape index (κ2) is 7.89. The molecule has 2 aromatic carbocycles. The van der Waals surface area contributed by atoms with E-state index >= 15 is 0 Å². The number of carbonyl (C=O) groups is 2. The molecule has 0 aliphatic rings. The minimum Gasteiger partial charge on any atom is -0.496 e. The van der Waals surface area contributed by atoms with E-state index in [9.17, 15) is 14.0 Å². The number of esters is 1. The van der Waals surface area contributed by atoms with Crippen LogP contribution in [0.3, 0.4) is 0 Å². The van der Waals surface area contributed by atoms with E-state index in [4.69, 9.17) is 9.47 Å². The minimum atomic E-state index is -0.694. The smallest absolute Gasteiger partial charge is 0.331 e. The molecule has 0 saturated carbocycles. The van der Waals surface area contributed by atoms with Crippen LogP contribution in [0.2, 0.25) is 0 Å². The second-order valence-corrected chi connectivity index (χ2v) is 4.59. The lowest BCUT2D eigenvalue weighted by Gasteiger charge is -2.04. The van der Waals surface area contributed by atoms with Crippen LogP contribution in [-0.4, -0.2) is 25.5 Å². The topological polar surface area (TPSA) is 52.6 Å². The summed E-state index contributed by atoms with van der Waals surface area (Å²) < 4.78 is 23.4. The molecular formula is C18H15FO4. The molecule has 5 heteroatoms. The number of ether oxygens (including phenoxy) is 2. The maximum Gasteiger partial charge on any atom is 0.331 e. The largest absolute Gasteiger partial charge is 0.496 e. The zero-order chi connectivity index (χ0) is 16.7. The number of ketones is 1. The summed E-state index contributed by atoms with van der Waals surface area (Å²) in [5, 5.41) is 0. The molecule has 0 unspecified atom stereocenters. The van der Waals surface area contributed by atoms with Gasteiger partial charge in [-0.05, 0) is 24.3 Å². The van der Waals surface area contributed by atoms with Crippen LogP contribution in [0.5, 0.6) is 5.75 Å². The molecule has 0 aliphatic heterocycles. The van der Waals surface area contributed by atoms with Crippen molar-refractivity contribution in [2.75, 3.05) is 13.7 Å². The van der Waals surface area contributed by atoms with Crippen LogP contribution < -0.4 is 4.74 Å². The van der Waals surface area contributed by atoms with Gasteiger partial charge in [-0.1, -0.05) is 30.3 Å². The van der Waals surface area contributed by atoms with Crippen LogP contribution in [0.25, 0.3) is 6.08 Å². The molecule has 0 fully saturated rings. The number of carbonyl (C=O) groups excluding carboxylic acids is 2. The fourth-order valence-corrected chi connectivity index (χ4v) is 1.91. The fourth-order valence-electron chi connectivity index (χ4n) is 1.91. The predicted octanol–water partition coefficient (Wildman–Crippen LogP) is 3.27. The van der Waals surface area contributed by atoms with Gasteiger partial charge in [-0.15, -0.1) is 0 Å². The Morgan fingerprint density at radius 1 is 1.09 bits per heavy atom. The van der Waals surface area contributed by atoms with Crippen molar-refractivity contribution in [3.05, 3.63) is 71.6 Å². The highest BCUT2D eigenvalue weighted by Crippen LogP contribution is 2.18. The molecule has 4 nitrogen and oxygen atoms in total. The SMILES string of the molecule is COc1ccccc1/C=C/C(=O)OCC(=O)c1ccccc1F. The van der Waals surface area contributed by atoms with E-state index in [1.165, 1.54) is 37.5 Å². The van der Waals surface area contributed by atoms with Gasteiger partial charge >= 0.3 is 5.97 Å². The summed E-state index contributed by atoms with van der Waals surface area (Å²) in [4.78, 5) is 23.4. The van der Waals surface area contributed by atoms with Crippen LogP contribution in [0.1, 0.15) is 15.9 Å². The van der Waals surface area contributed by atoms with Gasteiger partial charge in [-0.25, -0.2) is 9.18 Å². The van der Waals surface area contributed by atoms with E-state index < -0.39 is 24.2 Å². The fraction of sp³-hybridized carbons (Fsp3) is 0.111. The number of hydrogen-bond acceptors (Lipinski definition) is 4. The van der Waals surface area contributed by atoms with Crippen molar-refractivity contribution >= 4 is 17.8 Å². The Labute approximate surface area is 133 Å². The third-order valence-electron chi connectivity index (χ3n) is 3.06. The number of methoxy groups -OCH3 is 1. The van der Waals surface area contributed by atoms with E-state index in [-0.39, 0.29) is 5.56 Å². The molecule has 118 valence electrons. The van der Waals surface area contributed by atoms with Crippen LogP contribution >= 0.6 is 0 Å². The van der Waals surface area contributed by atoms with Gasteiger partial charge in [0.15, 0.2) is 6.61 Å². The number of para-hydroxylation sites is 1.